The first-order valence-electron chi connectivity index (χ1n) is 13.8. The van der Waals surface area contributed by atoms with Gasteiger partial charge in [0, 0.05) is 25.2 Å². The molecule has 0 bridgehead atoms. The lowest BCUT2D eigenvalue weighted by Crippen LogP contribution is -2.51. The molecule has 0 aromatic carbocycles. The molecule has 5 heteroatoms. The average molecular weight is 473 g/mol. The van der Waals surface area contributed by atoms with E-state index in [1.807, 2.05) is 0 Å². The van der Waals surface area contributed by atoms with Gasteiger partial charge >= 0.3 is 11.9 Å². The van der Waals surface area contributed by atoms with E-state index in [1.165, 1.54) is 24.8 Å². The molecule has 3 fully saturated rings. The van der Waals surface area contributed by atoms with Crippen molar-refractivity contribution in [2.24, 2.45) is 34.5 Å². The van der Waals surface area contributed by atoms with Crippen LogP contribution in [0, 0.1) is 34.5 Å². The number of carbonyl (C=O) groups is 3. The molecular weight excluding hydrogens is 428 g/mol. The number of ketones is 1. The summed E-state index contributed by atoms with van der Waals surface area (Å²) in [7, 11) is 0. The van der Waals surface area contributed by atoms with Gasteiger partial charge in [-0.3, -0.25) is 14.4 Å². The van der Waals surface area contributed by atoms with E-state index >= 15 is 0 Å². The Hall–Kier alpha value is -1.65. The van der Waals surface area contributed by atoms with Crippen molar-refractivity contribution in [3.63, 3.8) is 0 Å². The Bertz CT molecular complexity index is 830. The van der Waals surface area contributed by atoms with E-state index in [9.17, 15) is 14.4 Å². The van der Waals surface area contributed by atoms with Gasteiger partial charge in [0.1, 0.15) is 11.9 Å². The van der Waals surface area contributed by atoms with Crippen molar-refractivity contribution >= 4 is 17.7 Å². The summed E-state index contributed by atoms with van der Waals surface area (Å²) in [6.07, 6.45) is 15.0. The number of esters is 1. The molecule has 0 radical (unpaired) electrons. The van der Waals surface area contributed by atoms with Crippen LogP contribution in [-0.2, 0) is 19.1 Å². The summed E-state index contributed by atoms with van der Waals surface area (Å²) in [6.45, 7) is 6.66. The van der Waals surface area contributed by atoms with Gasteiger partial charge in [-0.15, -0.1) is 0 Å². The number of hydrogen-bond donors (Lipinski definition) is 1. The van der Waals surface area contributed by atoms with Crippen molar-refractivity contribution in [1.82, 2.24) is 0 Å². The number of fused-ring (bicyclic) bond motifs is 5. The number of rotatable bonds is 9. The first-order valence-corrected chi connectivity index (χ1v) is 13.8. The van der Waals surface area contributed by atoms with Crippen LogP contribution in [0.3, 0.4) is 0 Å². The predicted molar refractivity (Wildman–Crippen MR) is 131 cm³/mol. The summed E-state index contributed by atoms with van der Waals surface area (Å²) >= 11 is 0. The number of carboxylic acid groups (broad SMARTS) is 1. The molecule has 190 valence electrons. The molecule has 0 unspecified atom stereocenters. The first-order chi connectivity index (χ1) is 16.1. The highest BCUT2D eigenvalue weighted by molar-refractivity contribution is 5.79. The second kappa shape index (κ2) is 10.1. The van der Waals surface area contributed by atoms with E-state index < -0.39 is 5.97 Å². The Morgan fingerprint density at radius 2 is 1.71 bits per heavy atom. The van der Waals surface area contributed by atoms with Crippen LogP contribution in [0.15, 0.2) is 11.6 Å². The minimum absolute atomic E-state index is 0.00202. The predicted octanol–water partition coefficient (Wildman–Crippen LogP) is 6.49. The number of unbranched alkanes of at least 4 members (excludes halogenated alkanes) is 3. The highest BCUT2D eigenvalue weighted by Crippen LogP contribution is 2.66. The maximum atomic E-state index is 12.4. The third kappa shape index (κ3) is 4.86. The Balaban J connectivity index is 1.31. The molecular formula is C29H44O5. The number of carbonyl (C=O) groups excluding carboxylic acids is 2. The van der Waals surface area contributed by atoms with Crippen LogP contribution in [0.5, 0.6) is 0 Å². The molecule has 5 nitrogen and oxygen atoms in total. The second-order valence-corrected chi connectivity index (χ2v) is 12.2. The summed E-state index contributed by atoms with van der Waals surface area (Å²) in [5.41, 5.74) is 1.91. The Morgan fingerprint density at radius 3 is 2.41 bits per heavy atom. The van der Waals surface area contributed by atoms with Crippen molar-refractivity contribution < 1.29 is 24.2 Å². The molecule has 3 saturated carbocycles. The van der Waals surface area contributed by atoms with Crippen LogP contribution < -0.4 is 0 Å². The van der Waals surface area contributed by atoms with Crippen molar-refractivity contribution in [1.29, 1.82) is 0 Å². The van der Waals surface area contributed by atoms with Gasteiger partial charge in [-0.2, -0.15) is 0 Å². The van der Waals surface area contributed by atoms with Crippen LogP contribution >= 0.6 is 0 Å². The van der Waals surface area contributed by atoms with Gasteiger partial charge in [-0.05, 0) is 93.3 Å². The Morgan fingerprint density at radius 1 is 0.971 bits per heavy atom. The fourth-order valence-corrected chi connectivity index (χ4v) is 8.54. The number of ether oxygens (including phenoxy) is 1. The molecule has 0 saturated heterocycles. The van der Waals surface area contributed by atoms with Gasteiger partial charge in [-0.25, -0.2) is 0 Å². The molecule has 1 N–H and O–H groups in total. The van der Waals surface area contributed by atoms with E-state index in [1.54, 1.807) is 6.92 Å². The SMILES string of the molecule is CC(=O)[C@H]1CC[C@H]2[C@@H]3CC=C4C[C@@H](OC(=O)CCCCCCC(=O)O)CC[C@]4(C)[C@H]3CC[C@]12C. The van der Waals surface area contributed by atoms with Crippen LogP contribution in [0.2, 0.25) is 0 Å². The van der Waals surface area contributed by atoms with Gasteiger partial charge in [0.25, 0.3) is 0 Å². The smallest absolute Gasteiger partial charge is 0.306 e. The van der Waals surface area contributed by atoms with Crippen LogP contribution in [0.4, 0.5) is 0 Å². The van der Waals surface area contributed by atoms with E-state index in [0.29, 0.717) is 36.4 Å². The number of allylic oxidation sites excluding steroid dienone is 1. The maximum absolute atomic E-state index is 12.4. The largest absolute Gasteiger partial charge is 0.481 e. The quantitative estimate of drug-likeness (QED) is 0.236. The summed E-state index contributed by atoms with van der Waals surface area (Å²) in [5.74, 6) is 1.85. The molecule has 0 aromatic rings. The first kappa shape index (κ1) is 25.4. The summed E-state index contributed by atoms with van der Waals surface area (Å²) in [4.78, 5) is 35.3. The number of carboxylic acids is 1. The third-order valence-electron chi connectivity index (χ3n) is 10.4. The third-order valence-corrected chi connectivity index (χ3v) is 10.4. The number of aliphatic carboxylic acids is 1. The lowest BCUT2D eigenvalue weighted by atomic mass is 9.47. The minimum Gasteiger partial charge on any atom is -0.481 e. The lowest BCUT2D eigenvalue weighted by Gasteiger charge is -2.58. The molecule has 34 heavy (non-hydrogen) atoms. The molecule has 0 heterocycles. The summed E-state index contributed by atoms with van der Waals surface area (Å²) in [6, 6.07) is 0. The van der Waals surface area contributed by atoms with Crippen molar-refractivity contribution in [2.45, 2.75) is 117 Å². The molecule has 4 aliphatic carbocycles. The van der Waals surface area contributed by atoms with Gasteiger partial charge < -0.3 is 9.84 Å². The summed E-state index contributed by atoms with van der Waals surface area (Å²) < 4.78 is 5.88. The molecule has 0 spiro atoms. The van der Waals surface area contributed by atoms with Crippen LogP contribution in [0.25, 0.3) is 0 Å². The van der Waals surface area contributed by atoms with E-state index in [0.717, 1.165) is 51.4 Å². The van der Waals surface area contributed by atoms with Gasteiger partial charge in [-0.1, -0.05) is 38.3 Å². The van der Waals surface area contributed by atoms with E-state index in [2.05, 4.69) is 19.9 Å². The zero-order valence-corrected chi connectivity index (χ0v) is 21.4. The second-order valence-electron chi connectivity index (χ2n) is 12.2. The van der Waals surface area contributed by atoms with Crippen LogP contribution in [0.1, 0.15) is 111 Å². The van der Waals surface area contributed by atoms with Gasteiger partial charge in [0.05, 0.1) is 0 Å². The molecule has 0 amide bonds. The summed E-state index contributed by atoms with van der Waals surface area (Å²) in [5, 5.41) is 8.70. The number of hydrogen-bond acceptors (Lipinski definition) is 4. The standard InChI is InChI=1S/C29H44O5/c1-19(30)23-12-13-24-22-11-10-20-18-21(34-27(33)9-7-5-4-6-8-26(31)32)14-16-28(20,2)25(22)15-17-29(23,24)3/h10,21-25H,4-9,11-18H2,1-3H3,(H,31,32)/t21-,22-,23+,24-,25-,28-,29+/m0/s1. The fraction of sp³-hybridized carbons (Fsp3) is 0.828. The number of Topliss-reactive ketones (excluding diaryl/α,β-unsaturated/α-hetero) is 1. The maximum Gasteiger partial charge on any atom is 0.306 e. The van der Waals surface area contributed by atoms with E-state index in [-0.39, 0.29) is 35.2 Å². The topological polar surface area (TPSA) is 80.7 Å². The van der Waals surface area contributed by atoms with Crippen LogP contribution in [-0.4, -0.2) is 28.9 Å². The minimum atomic E-state index is -0.752. The molecule has 4 rings (SSSR count). The van der Waals surface area contributed by atoms with Crippen molar-refractivity contribution in [3.8, 4) is 0 Å². The lowest BCUT2D eigenvalue weighted by molar-refractivity contribution is -0.152. The van der Waals surface area contributed by atoms with E-state index in [4.69, 9.17) is 9.84 Å². The van der Waals surface area contributed by atoms with Crippen molar-refractivity contribution in [2.75, 3.05) is 0 Å². The van der Waals surface area contributed by atoms with Gasteiger partial charge in [0.15, 0.2) is 0 Å². The molecule has 0 aliphatic heterocycles. The Labute approximate surface area is 205 Å². The highest BCUT2D eigenvalue weighted by atomic mass is 16.5. The zero-order chi connectivity index (χ0) is 24.5. The average Bonchev–Trinajstić information content (AvgIpc) is 3.13. The highest BCUT2D eigenvalue weighted by Gasteiger charge is 2.59. The molecule has 4 aliphatic rings. The fourth-order valence-electron chi connectivity index (χ4n) is 8.54. The molecule has 0 aromatic heterocycles. The Kier molecular flexibility index (Phi) is 7.59. The monoisotopic (exact) mass is 472 g/mol. The van der Waals surface area contributed by atoms with Crippen molar-refractivity contribution in [3.05, 3.63) is 11.6 Å². The zero-order valence-electron chi connectivity index (χ0n) is 21.4. The van der Waals surface area contributed by atoms with Gasteiger partial charge in [0.2, 0.25) is 0 Å². The normalized spacial score (nSPS) is 38.8. The molecule has 7 atom stereocenters.